The Balaban J connectivity index is 2.11. The third-order valence-electron chi connectivity index (χ3n) is 3.74. The molecule has 3 amide bonds. The Hall–Kier alpha value is -2.96. The number of urea groups is 1. The SMILES string of the molecule is C[C@H](NC(=O)C[C@@H](NC(N)=O)c1ccccc1F)c1ccccc1F. The normalized spacial score (nSPS) is 12.9. The van der Waals surface area contributed by atoms with Gasteiger partial charge in [0.1, 0.15) is 11.6 Å². The first-order chi connectivity index (χ1) is 11.9. The lowest BCUT2D eigenvalue weighted by atomic mass is 10.0. The summed E-state index contributed by atoms with van der Waals surface area (Å²) in [4.78, 5) is 23.4. The number of halogens is 2. The van der Waals surface area contributed by atoms with Gasteiger partial charge < -0.3 is 16.4 Å². The van der Waals surface area contributed by atoms with Crippen molar-refractivity contribution in [3.8, 4) is 0 Å². The van der Waals surface area contributed by atoms with Crippen LogP contribution in [-0.4, -0.2) is 11.9 Å². The van der Waals surface area contributed by atoms with Crippen molar-refractivity contribution in [2.45, 2.75) is 25.4 Å². The number of hydrogen-bond acceptors (Lipinski definition) is 2. The second-order valence-corrected chi connectivity index (χ2v) is 5.60. The fourth-order valence-electron chi connectivity index (χ4n) is 2.56. The Labute approximate surface area is 144 Å². The van der Waals surface area contributed by atoms with Crippen molar-refractivity contribution in [2.75, 3.05) is 0 Å². The molecule has 0 bridgehead atoms. The average Bonchev–Trinajstić information content (AvgIpc) is 2.54. The minimum absolute atomic E-state index is 0.148. The van der Waals surface area contributed by atoms with Crippen LogP contribution >= 0.6 is 0 Å². The smallest absolute Gasteiger partial charge is 0.312 e. The Kier molecular flexibility index (Phi) is 6.05. The van der Waals surface area contributed by atoms with Gasteiger partial charge in [0, 0.05) is 11.1 Å². The van der Waals surface area contributed by atoms with Crippen LogP contribution < -0.4 is 16.4 Å². The monoisotopic (exact) mass is 347 g/mol. The van der Waals surface area contributed by atoms with E-state index in [0.717, 1.165) is 0 Å². The van der Waals surface area contributed by atoms with E-state index in [9.17, 15) is 18.4 Å². The molecule has 0 spiro atoms. The van der Waals surface area contributed by atoms with E-state index in [-0.39, 0.29) is 12.0 Å². The van der Waals surface area contributed by atoms with Gasteiger partial charge in [-0.25, -0.2) is 13.6 Å². The lowest BCUT2D eigenvalue weighted by Gasteiger charge is -2.20. The van der Waals surface area contributed by atoms with Crippen molar-refractivity contribution in [3.05, 3.63) is 71.3 Å². The van der Waals surface area contributed by atoms with E-state index in [0.29, 0.717) is 5.56 Å². The molecule has 2 rings (SSSR count). The van der Waals surface area contributed by atoms with Gasteiger partial charge in [-0.1, -0.05) is 36.4 Å². The molecule has 0 heterocycles. The quantitative estimate of drug-likeness (QED) is 0.751. The number of nitrogens with one attached hydrogen (secondary N) is 2. The first-order valence-corrected chi connectivity index (χ1v) is 7.72. The van der Waals surface area contributed by atoms with Crippen LogP contribution in [0.2, 0.25) is 0 Å². The zero-order valence-electron chi connectivity index (χ0n) is 13.6. The maximum absolute atomic E-state index is 13.9. The number of primary amides is 1. The molecule has 0 fully saturated rings. The standard InChI is InChI=1S/C18H19F2N3O2/c1-11(12-6-2-4-8-14(12)19)22-17(24)10-16(23-18(21)25)13-7-3-5-9-15(13)20/h2-9,11,16H,10H2,1H3,(H,22,24)(H3,21,23,25)/t11-,16+/m0/s1. The third-order valence-corrected chi connectivity index (χ3v) is 3.74. The van der Waals surface area contributed by atoms with Crippen LogP contribution in [0.3, 0.4) is 0 Å². The number of rotatable bonds is 6. The summed E-state index contributed by atoms with van der Waals surface area (Å²) in [7, 11) is 0. The molecular formula is C18H19F2N3O2. The Bertz CT molecular complexity index is 767. The van der Waals surface area contributed by atoms with Crippen LogP contribution in [0.5, 0.6) is 0 Å². The van der Waals surface area contributed by atoms with Crippen molar-refractivity contribution < 1.29 is 18.4 Å². The molecule has 0 saturated heterocycles. The van der Waals surface area contributed by atoms with Crippen LogP contribution in [0.25, 0.3) is 0 Å². The lowest BCUT2D eigenvalue weighted by molar-refractivity contribution is -0.122. The molecule has 25 heavy (non-hydrogen) atoms. The molecule has 0 aliphatic rings. The Morgan fingerprint density at radius 2 is 1.48 bits per heavy atom. The van der Waals surface area contributed by atoms with E-state index < -0.39 is 35.7 Å². The van der Waals surface area contributed by atoms with Crippen molar-refractivity contribution >= 4 is 11.9 Å². The van der Waals surface area contributed by atoms with Crippen LogP contribution in [0, 0.1) is 11.6 Å². The summed E-state index contributed by atoms with van der Waals surface area (Å²) in [6, 6.07) is 9.49. The molecule has 0 unspecified atom stereocenters. The summed E-state index contributed by atoms with van der Waals surface area (Å²) in [6.45, 7) is 1.63. The fourth-order valence-corrected chi connectivity index (χ4v) is 2.56. The van der Waals surface area contributed by atoms with E-state index in [1.807, 2.05) is 0 Å². The van der Waals surface area contributed by atoms with E-state index in [4.69, 9.17) is 5.73 Å². The molecule has 132 valence electrons. The van der Waals surface area contributed by atoms with Gasteiger partial charge >= 0.3 is 6.03 Å². The number of amides is 3. The number of hydrogen-bond donors (Lipinski definition) is 3. The topological polar surface area (TPSA) is 84.2 Å². The molecule has 2 aromatic carbocycles. The van der Waals surface area contributed by atoms with E-state index in [1.54, 1.807) is 31.2 Å². The van der Waals surface area contributed by atoms with Crippen molar-refractivity contribution in [2.24, 2.45) is 5.73 Å². The zero-order valence-corrected chi connectivity index (χ0v) is 13.6. The molecule has 7 heteroatoms. The maximum atomic E-state index is 13.9. The second kappa shape index (κ2) is 8.23. The summed E-state index contributed by atoms with van der Waals surface area (Å²) >= 11 is 0. The highest BCUT2D eigenvalue weighted by molar-refractivity contribution is 5.79. The van der Waals surface area contributed by atoms with Crippen molar-refractivity contribution in [3.63, 3.8) is 0 Å². The van der Waals surface area contributed by atoms with Gasteiger partial charge in [0.15, 0.2) is 0 Å². The number of carbonyl (C=O) groups excluding carboxylic acids is 2. The van der Waals surface area contributed by atoms with Gasteiger partial charge in [-0.3, -0.25) is 4.79 Å². The highest BCUT2D eigenvalue weighted by atomic mass is 19.1. The highest BCUT2D eigenvalue weighted by Gasteiger charge is 2.22. The predicted octanol–water partition coefficient (Wildman–Crippen LogP) is 2.94. The number of nitrogens with two attached hydrogens (primary N) is 1. The molecule has 0 saturated carbocycles. The third kappa shape index (κ3) is 5.00. The lowest BCUT2D eigenvalue weighted by Crippen LogP contribution is -2.37. The van der Waals surface area contributed by atoms with Crippen LogP contribution in [-0.2, 0) is 4.79 Å². The van der Waals surface area contributed by atoms with Crippen LogP contribution in [0.15, 0.2) is 48.5 Å². The van der Waals surface area contributed by atoms with E-state index in [2.05, 4.69) is 10.6 Å². The van der Waals surface area contributed by atoms with Gasteiger partial charge in [-0.2, -0.15) is 0 Å². The predicted molar refractivity (Wildman–Crippen MR) is 89.4 cm³/mol. The second-order valence-electron chi connectivity index (χ2n) is 5.60. The van der Waals surface area contributed by atoms with Gasteiger partial charge in [0.2, 0.25) is 5.91 Å². The minimum atomic E-state index is -0.925. The summed E-state index contributed by atoms with van der Waals surface area (Å²) in [5.41, 5.74) is 5.60. The van der Waals surface area contributed by atoms with Crippen molar-refractivity contribution in [1.82, 2.24) is 10.6 Å². The molecule has 2 aromatic rings. The van der Waals surface area contributed by atoms with E-state index >= 15 is 0 Å². The molecule has 0 aliphatic carbocycles. The first-order valence-electron chi connectivity index (χ1n) is 7.72. The van der Waals surface area contributed by atoms with Gasteiger partial charge in [0.25, 0.3) is 0 Å². The van der Waals surface area contributed by atoms with Gasteiger partial charge in [-0.15, -0.1) is 0 Å². The molecule has 0 aliphatic heterocycles. The minimum Gasteiger partial charge on any atom is -0.352 e. The molecule has 0 aromatic heterocycles. The molecule has 5 nitrogen and oxygen atoms in total. The first kappa shape index (κ1) is 18.4. The largest absolute Gasteiger partial charge is 0.352 e. The number of benzene rings is 2. The molecule has 0 radical (unpaired) electrons. The molecule has 4 N–H and O–H groups in total. The summed E-state index contributed by atoms with van der Waals surface area (Å²) in [5.74, 6) is -1.47. The highest BCUT2D eigenvalue weighted by Crippen LogP contribution is 2.21. The van der Waals surface area contributed by atoms with Crippen LogP contribution in [0.4, 0.5) is 13.6 Å². The Morgan fingerprint density at radius 3 is 2.00 bits per heavy atom. The van der Waals surface area contributed by atoms with Crippen molar-refractivity contribution in [1.29, 1.82) is 0 Å². The fraction of sp³-hybridized carbons (Fsp3) is 0.222. The maximum Gasteiger partial charge on any atom is 0.312 e. The summed E-state index contributed by atoms with van der Waals surface area (Å²) in [6.07, 6.45) is -0.233. The number of carbonyl (C=O) groups is 2. The summed E-state index contributed by atoms with van der Waals surface area (Å²) in [5, 5.41) is 4.99. The average molecular weight is 347 g/mol. The molecular weight excluding hydrogens is 328 g/mol. The van der Waals surface area contributed by atoms with Gasteiger partial charge in [0.05, 0.1) is 18.5 Å². The van der Waals surface area contributed by atoms with E-state index in [1.165, 1.54) is 24.3 Å². The van der Waals surface area contributed by atoms with Gasteiger partial charge in [-0.05, 0) is 19.1 Å². The Morgan fingerprint density at radius 1 is 0.960 bits per heavy atom. The van der Waals surface area contributed by atoms with Crippen LogP contribution in [0.1, 0.15) is 36.6 Å². The zero-order chi connectivity index (χ0) is 18.4. The molecule has 2 atom stereocenters. The summed E-state index contributed by atoms with van der Waals surface area (Å²) < 4.78 is 27.7.